The summed E-state index contributed by atoms with van der Waals surface area (Å²) in [7, 11) is 2.09. The molecule has 0 spiro atoms. The fourth-order valence-corrected chi connectivity index (χ4v) is 2.91. The Morgan fingerprint density at radius 2 is 1.71 bits per heavy atom. The zero-order valence-corrected chi connectivity index (χ0v) is 13.6. The summed E-state index contributed by atoms with van der Waals surface area (Å²) >= 11 is 6.26. The Morgan fingerprint density at radius 3 is 2.29 bits per heavy atom. The van der Waals surface area contributed by atoms with E-state index in [1.807, 2.05) is 25.1 Å². The van der Waals surface area contributed by atoms with Crippen LogP contribution in [-0.4, -0.2) is 18.0 Å². The summed E-state index contributed by atoms with van der Waals surface area (Å²) in [5, 5.41) is 0.802. The highest BCUT2D eigenvalue weighted by atomic mass is 35.5. The van der Waals surface area contributed by atoms with Gasteiger partial charge in [0.25, 0.3) is 0 Å². The van der Waals surface area contributed by atoms with Crippen molar-refractivity contribution in [2.45, 2.75) is 32.5 Å². The summed E-state index contributed by atoms with van der Waals surface area (Å²) in [6.07, 6.45) is 0. The summed E-state index contributed by atoms with van der Waals surface area (Å²) in [6, 6.07) is 16.8. The van der Waals surface area contributed by atoms with Crippen molar-refractivity contribution in [3.63, 3.8) is 0 Å². The summed E-state index contributed by atoms with van der Waals surface area (Å²) in [5.74, 6) is 0. The van der Waals surface area contributed by atoms with E-state index in [0.717, 1.165) is 17.1 Å². The maximum absolute atomic E-state index is 6.26. The van der Waals surface area contributed by atoms with Crippen LogP contribution in [0, 0.1) is 6.92 Å². The first-order valence-electron chi connectivity index (χ1n) is 7.25. The number of nitrogens with zero attached hydrogens (tertiary/aromatic N) is 1. The third-order valence-corrected chi connectivity index (χ3v) is 4.14. The molecule has 112 valence electrons. The number of aryl methyl sites for hydroxylation is 1. The van der Waals surface area contributed by atoms with Crippen molar-refractivity contribution in [3.05, 3.63) is 70.2 Å². The predicted octanol–water partition coefficient (Wildman–Crippen LogP) is 4.17. The number of hydrogen-bond acceptors (Lipinski definition) is 2. The van der Waals surface area contributed by atoms with Crippen LogP contribution in [0.5, 0.6) is 0 Å². The fourth-order valence-electron chi connectivity index (χ4n) is 2.72. The van der Waals surface area contributed by atoms with Gasteiger partial charge in [-0.1, -0.05) is 59.6 Å². The van der Waals surface area contributed by atoms with Crippen molar-refractivity contribution in [1.82, 2.24) is 4.90 Å². The molecule has 2 aromatic carbocycles. The minimum absolute atomic E-state index is 0.0418. The largest absolute Gasteiger partial charge is 0.326 e. The minimum atomic E-state index is 0.0418. The average molecular weight is 303 g/mol. The molecule has 0 saturated heterocycles. The quantitative estimate of drug-likeness (QED) is 0.898. The Kier molecular flexibility index (Phi) is 5.40. The van der Waals surface area contributed by atoms with Gasteiger partial charge in [0, 0.05) is 23.7 Å². The molecule has 3 heteroatoms. The molecule has 0 saturated carbocycles. The number of halogens is 1. The van der Waals surface area contributed by atoms with Gasteiger partial charge in [0.15, 0.2) is 0 Å². The standard InChI is InChI=1S/C18H23ClN2/c1-13-8-10-15(11-9-13)18(14(2)20)21(3)12-16-6-4-5-7-17(16)19/h4-11,14,18H,12,20H2,1-3H3. The number of nitrogens with two attached hydrogens (primary N) is 1. The van der Waals surface area contributed by atoms with Crippen LogP contribution in [0.3, 0.4) is 0 Å². The van der Waals surface area contributed by atoms with E-state index >= 15 is 0 Å². The van der Waals surface area contributed by atoms with Crippen LogP contribution in [0.2, 0.25) is 5.02 Å². The van der Waals surface area contributed by atoms with Gasteiger partial charge in [-0.05, 0) is 38.1 Å². The molecule has 2 N–H and O–H groups in total. The van der Waals surface area contributed by atoms with Gasteiger partial charge in [0.05, 0.1) is 0 Å². The Labute approximate surface area is 132 Å². The highest BCUT2D eigenvalue weighted by Gasteiger charge is 2.21. The van der Waals surface area contributed by atoms with Gasteiger partial charge in [0.1, 0.15) is 0 Å². The smallest absolute Gasteiger partial charge is 0.0496 e. The molecule has 2 nitrogen and oxygen atoms in total. The van der Waals surface area contributed by atoms with Crippen LogP contribution in [0.1, 0.15) is 29.7 Å². The predicted molar refractivity (Wildman–Crippen MR) is 90.5 cm³/mol. The third-order valence-electron chi connectivity index (χ3n) is 3.77. The molecule has 2 atom stereocenters. The van der Waals surface area contributed by atoms with E-state index in [0.29, 0.717) is 0 Å². The molecule has 21 heavy (non-hydrogen) atoms. The van der Waals surface area contributed by atoms with E-state index in [-0.39, 0.29) is 12.1 Å². The molecule has 2 rings (SSSR count). The van der Waals surface area contributed by atoms with Gasteiger partial charge in [0.2, 0.25) is 0 Å². The van der Waals surface area contributed by atoms with Crippen molar-refractivity contribution < 1.29 is 0 Å². The minimum Gasteiger partial charge on any atom is -0.326 e. The maximum atomic E-state index is 6.26. The van der Waals surface area contributed by atoms with Crippen LogP contribution in [-0.2, 0) is 6.54 Å². The lowest BCUT2D eigenvalue weighted by atomic mass is 9.98. The molecule has 0 aliphatic rings. The number of likely N-dealkylation sites (N-methyl/N-ethyl adjacent to an activating group) is 1. The van der Waals surface area contributed by atoms with Crippen LogP contribution in [0.4, 0.5) is 0 Å². The third kappa shape index (κ3) is 4.07. The van der Waals surface area contributed by atoms with Gasteiger partial charge < -0.3 is 5.73 Å². The van der Waals surface area contributed by atoms with E-state index < -0.39 is 0 Å². The molecule has 0 bridgehead atoms. The molecule has 0 aromatic heterocycles. The first-order chi connectivity index (χ1) is 9.99. The summed E-state index contributed by atoms with van der Waals surface area (Å²) in [4.78, 5) is 2.26. The average Bonchev–Trinajstić information content (AvgIpc) is 2.43. The second-order valence-electron chi connectivity index (χ2n) is 5.72. The molecular formula is C18H23ClN2. The number of rotatable bonds is 5. The Hall–Kier alpha value is -1.35. The van der Waals surface area contributed by atoms with Gasteiger partial charge >= 0.3 is 0 Å². The zero-order chi connectivity index (χ0) is 15.4. The van der Waals surface area contributed by atoms with Crippen LogP contribution < -0.4 is 5.73 Å². The Bertz CT molecular complexity index is 578. The molecule has 0 aliphatic heterocycles. The molecule has 2 aromatic rings. The zero-order valence-electron chi connectivity index (χ0n) is 12.9. The molecule has 2 unspecified atom stereocenters. The topological polar surface area (TPSA) is 29.3 Å². The van der Waals surface area contributed by atoms with E-state index in [1.165, 1.54) is 11.1 Å². The van der Waals surface area contributed by atoms with Gasteiger partial charge in [-0.15, -0.1) is 0 Å². The highest BCUT2D eigenvalue weighted by Crippen LogP contribution is 2.26. The first kappa shape index (κ1) is 16.0. The van der Waals surface area contributed by atoms with Crippen LogP contribution in [0.25, 0.3) is 0 Å². The van der Waals surface area contributed by atoms with Gasteiger partial charge in [-0.2, -0.15) is 0 Å². The van der Waals surface area contributed by atoms with Crippen molar-refractivity contribution in [2.24, 2.45) is 5.73 Å². The van der Waals surface area contributed by atoms with E-state index in [4.69, 9.17) is 17.3 Å². The van der Waals surface area contributed by atoms with Gasteiger partial charge in [-0.3, -0.25) is 4.90 Å². The summed E-state index contributed by atoms with van der Waals surface area (Å²) < 4.78 is 0. The lowest BCUT2D eigenvalue weighted by Gasteiger charge is -2.32. The van der Waals surface area contributed by atoms with Crippen LogP contribution in [0.15, 0.2) is 48.5 Å². The molecule has 0 heterocycles. The van der Waals surface area contributed by atoms with E-state index in [2.05, 4.69) is 49.2 Å². The number of benzene rings is 2. The second kappa shape index (κ2) is 7.08. The summed E-state index contributed by atoms with van der Waals surface area (Å²) in [6.45, 7) is 4.92. The van der Waals surface area contributed by atoms with Crippen molar-refractivity contribution in [1.29, 1.82) is 0 Å². The van der Waals surface area contributed by atoms with Crippen molar-refractivity contribution in [3.8, 4) is 0 Å². The molecule has 0 aliphatic carbocycles. The van der Waals surface area contributed by atoms with Gasteiger partial charge in [-0.25, -0.2) is 0 Å². The van der Waals surface area contributed by atoms with Crippen LogP contribution >= 0.6 is 11.6 Å². The van der Waals surface area contributed by atoms with Crippen molar-refractivity contribution in [2.75, 3.05) is 7.05 Å². The van der Waals surface area contributed by atoms with E-state index in [1.54, 1.807) is 0 Å². The molecule has 0 amide bonds. The fraction of sp³-hybridized carbons (Fsp3) is 0.333. The monoisotopic (exact) mass is 302 g/mol. The lowest BCUT2D eigenvalue weighted by molar-refractivity contribution is 0.211. The number of hydrogen-bond donors (Lipinski definition) is 1. The lowest BCUT2D eigenvalue weighted by Crippen LogP contribution is -2.37. The normalized spacial score (nSPS) is 14.2. The van der Waals surface area contributed by atoms with E-state index in [9.17, 15) is 0 Å². The first-order valence-corrected chi connectivity index (χ1v) is 7.62. The summed E-state index contributed by atoms with van der Waals surface area (Å²) in [5.41, 5.74) is 9.85. The molecular weight excluding hydrogens is 280 g/mol. The van der Waals surface area contributed by atoms with Crippen molar-refractivity contribution >= 4 is 11.6 Å². The SMILES string of the molecule is Cc1ccc(C(C(C)N)N(C)Cc2ccccc2Cl)cc1. The molecule has 0 fully saturated rings. The second-order valence-corrected chi connectivity index (χ2v) is 6.13. The molecule has 0 radical (unpaired) electrons. The highest BCUT2D eigenvalue weighted by molar-refractivity contribution is 6.31. The Morgan fingerprint density at radius 1 is 1.10 bits per heavy atom. The Balaban J connectivity index is 2.22. The maximum Gasteiger partial charge on any atom is 0.0496 e.